The zero-order chi connectivity index (χ0) is 20.1. The molecule has 27 heavy (non-hydrogen) atoms. The molecule has 1 amide bonds. The van der Waals surface area contributed by atoms with Gasteiger partial charge in [0.05, 0.1) is 22.1 Å². The molecule has 0 aliphatic carbocycles. The van der Waals surface area contributed by atoms with E-state index in [0.717, 1.165) is 27.2 Å². The lowest BCUT2D eigenvalue weighted by Gasteiger charge is -2.23. The van der Waals surface area contributed by atoms with Crippen LogP contribution in [0, 0.1) is 0 Å². The first-order chi connectivity index (χ1) is 12.4. The lowest BCUT2D eigenvalue weighted by Crippen LogP contribution is -2.22. The van der Waals surface area contributed by atoms with Crippen LogP contribution >= 0.6 is 22.9 Å². The van der Waals surface area contributed by atoms with E-state index in [1.54, 1.807) is 0 Å². The molecule has 0 bridgehead atoms. The highest BCUT2D eigenvalue weighted by Crippen LogP contribution is 2.39. The van der Waals surface area contributed by atoms with Gasteiger partial charge < -0.3 is 5.32 Å². The molecule has 0 atom stereocenters. The second-order valence-corrected chi connectivity index (χ2v) is 10.3. The normalized spacial score (nSPS) is 12.6. The summed E-state index contributed by atoms with van der Waals surface area (Å²) in [4.78, 5) is 13.7. The maximum Gasteiger partial charge on any atom is 0.267 e. The Morgan fingerprint density at radius 2 is 1.74 bits per heavy atom. The minimum atomic E-state index is -0.201. The van der Waals surface area contributed by atoms with E-state index < -0.39 is 0 Å². The minimum Gasteiger partial charge on any atom is -0.318 e. The number of thiophene rings is 1. The van der Waals surface area contributed by atoms with E-state index >= 15 is 0 Å². The van der Waals surface area contributed by atoms with Crippen molar-refractivity contribution in [2.45, 2.75) is 52.4 Å². The zero-order valence-electron chi connectivity index (χ0n) is 16.9. The number of nitrogens with one attached hydrogen (secondary N) is 1. The predicted molar refractivity (Wildman–Crippen MR) is 115 cm³/mol. The van der Waals surface area contributed by atoms with Crippen molar-refractivity contribution in [2.24, 2.45) is 7.05 Å². The molecule has 6 heteroatoms. The van der Waals surface area contributed by atoms with Gasteiger partial charge in [-0.2, -0.15) is 5.10 Å². The summed E-state index contributed by atoms with van der Waals surface area (Å²) in [6.45, 7) is 12.7. The van der Waals surface area contributed by atoms with Crippen molar-refractivity contribution in [3.8, 4) is 0 Å². The van der Waals surface area contributed by atoms with Crippen LogP contribution in [0.15, 0.2) is 24.3 Å². The molecule has 1 N–H and O–H groups in total. The molecular weight excluding hydrogens is 378 g/mol. The number of nitrogens with zero attached hydrogens (tertiary/aromatic N) is 2. The summed E-state index contributed by atoms with van der Waals surface area (Å²) < 4.78 is 2.88. The third-order valence-electron chi connectivity index (χ3n) is 4.45. The van der Waals surface area contributed by atoms with Gasteiger partial charge in [-0.05, 0) is 6.07 Å². The van der Waals surface area contributed by atoms with Gasteiger partial charge in [-0.3, -0.25) is 9.48 Å². The second kappa shape index (κ2) is 6.64. The van der Waals surface area contributed by atoms with Crippen LogP contribution in [0.4, 0.5) is 5.69 Å². The fraction of sp³-hybridized carbons (Fsp3) is 0.429. The Labute approximate surface area is 169 Å². The zero-order valence-corrected chi connectivity index (χ0v) is 18.5. The van der Waals surface area contributed by atoms with Gasteiger partial charge in [0, 0.05) is 28.0 Å². The van der Waals surface area contributed by atoms with Crippen molar-refractivity contribution >= 4 is 44.6 Å². The van der Waals surface area contributed by atoms with Gasteiger partial charge in [-0.1, -0.05) is 71.3 Å². The van der Waals surface area contributed by atoms with E-state index in [1.807, 2.05) is 36.0 Å². The number of hydrogen-bond acceptors (Lipinski definition) is 3. The minimum absolute atomic E-state index is 0.169. The molecule has 0 saturated carbocycles. The van der Waals surface area contributed by atoms with Gasteiger partial charge in [-0.25, -0.2) is 0 Å². The highest BCUT2D eigenvalue weighted by molar-refractivity contribution is 7.21. The van der Waals surface area contributed by atoms with Crippen LogP contribution in [0.25, 0.3) is 10.1 Å². The summed E-state index contributed by atoms with van der Waals surface area (Å²) in [5.74, 6) is -0.190. The Hall–Kier alpha value is -1.85. The molecule has 0 saturated heterocycles. The molecule has 2 heterocycles. The molecule has 3 aromatic rings. The van der Waals surface area contributed by atoms with E-state index in [2.05, 4.69) is 46.9 Å². The number of benzene rings is 1. The number of rotatable bonds is 2. The van der Waals surface area contributed by atoms with E-state index in [-0.39, 0.29) is 16.7 Å². The van der Waals surface area contributed by atoms with Crippen molar-refractivity contribution in [1.29, 1.82) is 0 Å². The molecule has 0 spiro atoms. The number of amides is 1. The average molecular weight is 404 g/mol. The van der Waals surface area contributed by atoms with Crippen molar-refractivity contribution < 1.29 is 4.79 Å². The quantitative estimate of drug-likeness (QED) is 0.558. The summed E-state index contributed by atoms with van der Waals surface area (Å²) in [5, 5.41) is 9.28. The Morgan fingerprint density at radius 1 is 1.11 bits per heavy atom. The molecule has 0 radical (unpaired) electrons. The third kappa shape index (κ3) is 3.63. The highest BCUT2D eigenvalue weighted by Gasteiger charge is 2.32. The van der Waals surface area contributed by atoms with Crippen LogP contribution in [-0.4, -0.2) is 15.7 Å². The fourth-order valence-electron chi connectivity index (χ4n) is 3.36. The van der Waals surface area contributed by atoms with E-state index in [1.165, 1.54) is 11.3 Å². The lowest BCUT2D eigenvalue weighted by molar-refractivity contribution is 0.103. The first-order valence-corrected chi connectivity index (χ1v) is 10.2. The first kappa shape index (κ1) is 19.9. The van der Waals surface area contributed by atoms with E-state index in [9.17, 15) is 4.79 Å². The number of carbonyl (C=O) groups excluding carboxylic acids is 1. The topological polar surface area (TPSA) is 46.9 Å². The maximum atomic E-state index is 13.1. The first-order valence-electron chi connectivity index (χ1n) is 8.97. The number of aryl methyl sites for hydroxylation is 1. The monoisotopic (exact) mass is 403 g/mol. The molecular formula is C21H26ClN3OS. The number of halogens is 1. The smallest absolute Gasteiger partial charge is 0.267 e. The summed E-state index contributed by atoms with van der Waals surface area (Å²) in [6, 6.07) is 7.80. The van der Waals surface area contributed by atoms with Gasteiger partial charge in [-0.15, -0.1) is 11.3 Å². The Morgan fingerprint density at radius 3 is 2.30 bits per heavy atom. The van der Waals surface area contributed by atoms with Crippen LogP contribution in [0.3, 0.4) is 0 Å². The number of hydrogen-bond donors (Lipinski definition) is 1. The van der Waals surface area contributed by atoms with Crippen LogP contribution in [0.5, 0.6) is 0 Å². The Bertz CT molecular complexity index is 1020. The number of fused-ring (bicyclic) bond motifs is 1. The summed E-state index contributed by atoms with van der Waals surface area (Å²) >= 11 is 7.93. The van der Waals surface area contributed by atoms with Crippen LogP contribution in [0.1, 0.15) is 62.6 Å². The van der Waals surface area contributed by atoms with E-state index in [4.69, 9.17) is 16.7 Å². The molecule has 0 aliphatic rings. The van der Waals surface area contributed by atoms with Crippen molar-refractivity contribution in [1.82, 2.24) is 9.78 Å². The number of anilines is 1. The summed E-state index contributed by atoms with van der Waals surface area (Å²) in [5.41, 5.74) is 2.29. The highest BCUT2D eigenvalue weighted by atomic mass is 35.5. The maximum absolute atomic E-state index is 13.1. The predicted octanol–water partition coefficient (Wildman–Crippen LogP) is 6.14. The SMILES string of the molecule is Cn1nc(C(C)(C)C)c(NC(=O)c2sc3ccccc3c2Cl)c1C(C)(C)C. The number of aromatic nitrogens is 2. The molecule has 4 nitrogen and oxygen atoms in total. The van der Waals surface area contributed by atoms with Gasteiger partial charge in [0.1, 0.15) is 4.88 Å². The molecule has 0 fully saturated rings. The molecule has 0 unspecified atom stereocenters. The summed E-state index contributed by atoms with van der Waals surface area (Å²) in [7, 11) is 1.93. The Balaban J connectivity index is 2.11. The van der Waals surface area contributed by atoms with Gasteiger partial charge in [0.15, 0.2) is 0 Å². The standard InChI is InChI=1S/C21H26ClN3OS/c1-20(2,3)17-15(18(21(4,5)6)25(7)24-17)23-19(26)16-14(22)12-10-8-9-11-13(12)27-16/h8-11H,1-7H3,(H,23,26). The van der Waals surface area contributed by atoms with Crippen LogP contribution < -0.4 is 5.32 Å². The molecule has 2 aromatic heterocycles. The molecule has 144 valence electrons. The van der Waals surface area contributed by atoms with E-state index in [0.29, 0.717) is 9.90 Å². The Kier molecular flexibility index (Phi) is 4.89. The van der Waals surface area contributed by atoms with Gasteiger partial charge in [0.25, 0.3) is 5.91 Å². The van der Waals surface area contributed by atoms with Crippen LogP contribution in [-0.2, 0) is 17.9 Å². The van der Waals surface area contributed by atoms with Crippen molar-refractivity contribution in [2.75, 3.05) is 5.32 Å². The molecule has 3 rings (SSSR count). The second-order valence-electron chi connectivity index (χ2n) is 8.89. The third-order valence-corrected chi connectivity index (χ3v) is 6.12. The largest absolute Gasteiger partial charge is 0.318 e. The fourth-order valence-corrected chi connectivity index (χ4v) is 4.77. The van der Waals surface area contributed by atoms with Gasteiger partial charge in [0.2, 0.25) is 0 Å². The lowest BCUT2D eigenvalue weighted by atomic mass is 9.86. The van der Waals surface area contributed by atoms with Gasteiger partial charge >= 0.3 is 0 Å². The molecule has 0 aliphatic heterocycles. The van der Waals surface area contributed by atoms with Crippen molar-refractivity contribution in [3.05, 3.63) is 45.6 Å². The summed E-state index contributed by atoms with van der Waals surface area (Å²) in [6.07, 6.45) is 0. The van der Waals surface area contributed by atoms with Crippen molar-refractivity contribution in [3.63, 3.8) is 0 Å². The average Bonchev–Trinajstić information content (AvgIpc) is 3.05. The molecule has 1 aromatic carbocycles. The number of carbonyl (C=O) groups is 1. The van der Waals surface area contributed by atoms with Crippen LogP contribution in [0.2, 0.25) is 5.02 Å².